The summed E-state index contributed by atoms with van der Waals surface area (Å²) in [6, 6.07) is 53.9. The fraction of sp³-hybridized carbons (Fsp3) is 0. The van der Waals surface area contributed by atoms with Crippen LogP contribution in [0.25, 0.3) is 97.7 Å². The van der Waals surface area contributed by atoms with Crippen LogP contribution in [0.3, 0.4) is 0 Å². The topological polar surface area (TPSA) is 35.9 Å². The Balaban J connectivity index is 1.27. The first-order valence-electron chi connectivity index (χ1n) is 16.1. The quantitative estimate of drug-likeness (QED) is 0.194. The molecule has 0 saturated carbocycles. The van der Waals surface area contributed by atoms with Gasteiger partial charge >= 0.3 is 0 Å². The molecule has 0 bridgehead atoms. The van der Waals surface area contributed by atoms with Gasteiger partial charge in [0.15, 0.2) is 5.13 Å². The van der Waals surface area contributed by atoms with E-state index in [-0.39, 0.29) is 0 Å². The molecule has 0 unspecified atom stereocenters. The Morgan fingerprint density at radius 2 is 1.10 bits per heavy atom. The number of thiazole rings is 1. The highest BCUT2D eigenvalue weighted by atomic mass is 32.1. The van der Waals surface area contributed by atoms with Crippen LogP contribution in [-0.2, 0) is 0 Å². The highest BCUT2D eigenvalue weighted by molar-refractivity contribution is 7.22. The normalized spacial score (nSPS) is 12.2. The summed E-state index contributed by atoms with van der Waals surface area (Å²) in [4.78, 5) is 5.37. The van der Waals surface area contributed by atoms with Crippen LogP contribution in [0.4, 0.5) is 0 Å². The summed E-state index contributed by atoms with van der Waals surface area (Å²) in [5.41, 5.74) is 10.9. The van der Waals surface area contributed by atoms with Crippen molar-refractivity contribution in [1.82, 2.24) is 14.1 Å². The van der Waals surface area contributed by atoms with Crippen molar-refractivity contribution < 1.29 is 4.42 Å². The molecule has 4 heterocycles. The van der Waals surface area contributed by atoms with Crippen LogP contribution in [0.2, 0.25) is 0 Å². The van der Waals surface area contributed by atoms with Crippen LogP contribution in [0.5, 0.6) is 0 Å². The van der Waals surface area contributed by atoms with Crippen molar-refractivity contribution >= 4 is 87.1 Å². The van der Waals surface area contributed by atoms with E-state index in [1.54, 1.807) is 11.3 Å². The van der Waals surface area contributed by atoms with E-state index in [9.17, 15) is 0 Å². The molecule has 0 aliphatic carbocycles. The summed E-state index contributed by atoms with van der Waals surface area (Å²) in [6.45, 7) is 0. The second-order valence-electron chi connectivity index (χ2n) is 12.4. The summed E-state index contributed by atoms with van der Waals surface area (Å²) < 4.78 is 12.4. The summed E-state index contributed by atoms with van der Waals surface area (Å²) in [5, 5.41) is 8.06. The molecule has 0 fully saturated rings. The molecule has 7 aromatic carbocycles. The van der Waals surface area contributed by atoms with Gasteiger partial charge in [-0.25, -0.2) is 4.98 Å². The van der Waals surface area contributed by atoms with Gasteiger partial charge in [-0.15, -0.1) is 0 Å². The SMILES string of the molecule is c1ccc(-c2ccc3oc4ccc5nc(-n6c7ccccc7c7ccc8c9ccccc9n(-c9ccccc9)c8c76)sc5c4c3c2)cc1. The maximum Gasteiger partial charge on any atom is 0.195 e. The van der Waals surface area contributed by atoms with Gasteiger partial charge in [-0.3, -0.25) is 4.57 Å². The molecule has 48 heavy (non-hydrogen) atoms. The number of para-hydroxylation sites is 3. The Morgan fingerprint density at radius 3 is 1.85 bits per heavy atom. The first-order valence-corrected chi connectivity index (χ1v) is 17.0. The van der Waals surface area contributed by atoms with Crippen molar-refractivity contribution in [1.29, 1.82) is 0 Å². The summed E-state index contributed by atoms with van der Waals surface area (Å²) in [5.74, 6) is 0. The average Bonchev–Trinajstić information content (AvgIpc) is 3.90. The van der Waals surface area contributed by atoms with Gasteiger partial charge in [0.05, 0.1) is 32.3 Å². The smallest absolute Gasteiger partial charge is 0.195 e. The molecule has 0 radical (unpaired) electrons. The minimum Gasteiger partial charge on any atom is -0.456 e. The van der Waals surface area contributed by atoms with Crippen LogP contribution < -0.4 is 0 Å². The molecule has 0 aliphatic heterocycles. The van der Waals surface area contributed by atoms with Gasteiger partial charge in [-0.2, -0.15) is 0 Å². The molecule has 5 heteroatoms. The second kappa shape index (κ2) is 9.67. The lowest BCUT2D eigenvalue weighted by Gasteiger charge is -2.10. The Hall–Kier alpha value is -6.17. The van der Waals surface area contributed by atoms with E-state index in [2.05, 4.69) is 161 Å². The van der Waals surface area contributed by atoms with Gasteiger partial charge in [0, 0.05) is 38.0 Å². The summed E-state index contributed by atoms with van der Waals surface area (Å²) in [7, 11) is 0. The highest BCUT2D eigenvalue weighted by Crippen LogP contribution is 2.44. The number of fused-ring (bicyclic) bond motifs is 12. The lowest BCUT2D eigenvalue weighted by Crippen LogP contribution is -1.98. The predicted molar refractivity (Wildman–Crippen MR) is 201 cm³/mol. The zero-order chi connectivity index (χ0) is 31.3. The number of nitrogens with zero attached hydrogens (tertiary/aromatic N) is 3. The molecule has 11 aromatic rings. The fourth-order valence-corrected chi connectivity index (χ4v) is 8.82. The molecule has 0 amide bonds. The summed E-state index contributed by atoms with van der Waals surface area (Å²) in [6.07, 6.45) is 0. The molecule has 0 saturated heterocycles. The number of aromatic nitrogens is 3. The van der Waals surface area contributed by atoms with E-state index in [0.29, 0.717) is 0 Å². The van der Waals surface area contributed by atoms with E-state index in [1.165, 1.54) is 43.7 Å². The van der Waals surface area contributed by atoms with Gasteiger partial charge in [0.1, 0.15) is 11.2 Å². The van der Waals surface area contributed by atoms with Gasteiger partial charge in [0.2, 0.25) is 0 Å². The van der Waals surface area contributed by atoms with Crippen LogP contribution in [-0.4, -0.2) is 14.1 Å². The molecule has 4 nitrogen and oxygen atoms in total. The van der Waals surface area contributed by atoms with Crippen molar-refractivity contribution in [3.63, 3.8) is 0 Å². The number of benzene rings is 7. The Kier molecular flexibility index (Phi) is 5.23. The first kappa shape index (κ1) is 26.0. The van der Waals surface area contributed by atoms with Crippen LogP contribution >= 0.6 is 11.3 Å². The van der Waals surface area contributed by atoms with Crippen LogP contribution in [0.1, 0.15) is 0 Å². The van der Waals surface area contributed by atoms with Gasteiger partial charge in [-0.1, -0.05) is 114 Å². The molecule has 0 aliphatic rings. The Labute approximate surface area is 278 Å². The van der Waals surface area contributed by atoms with E-state index in [1.807, 2.05) is 0 Å². The van der Waals surface area contributed by atoms with E-state index >= 15 is 0 Å². The fourth-order valence-electron chi connectivity index (χ4n) is 7.69. The first-order chi connectivity index (χ1) is 23.8. The van der Waals surface area contributed by atoms with Crippen molar-refractivity contribution in [2.45, 2.75) is 0 Å². The van der Waals surface area contributed by atoms with E-state index < -0.39 is 0 Å². The lowest BCUT2D eigenvalue weighted by atomic mass is 10.0. The lowest BCUT2D eigenvalue weighted by molar-refractivity contribution is 0.669. The minimum atomic E-state index is 0.881. The van der Waals surface area contributed by atoms with Gasteiger partial charge in [-0.05, 0) is 59.7 Å². The number of furan rings is 1. The second-order valence-corrected chi connectivity index (χ2v) is 13.3. The van der Waals surface area contributed by atoms with Gasteiger partial charge in [0.25, 0.3) is 0 Å². The van der Waals surface area contributed by atoms with Crippen LogP contribution in [0, 0.1) is 0 Å². The van der Waals surface area contributed by atoms with E-state index in [0.717, 1.165) is 54.0 Å². The molecule has 0 atom stereocenters. The standard InChI is InChI=1S/C43H25N3OS/c1-3-11-26(12-4-1)27-19-23-37-33(25-27)39-38(47-37)24-22-34-42(39)48-43(44-34)46-36-18-10-8-16-30(36)32-21-20-31-29-15-7-9-17-35(29)45(40(31)41(32)46)28-13-5-2-6-14-28/h1-25H. The monoisotopic (exact) mass is 631 g/mol. The van der Waals surface area contributed by atoms with Crippen LogP contribution in [0.15, 0.2) is 156 Å². The number of hydrogen-bond acceptors (Lipinski definition) is 3. The largest absolute Gasteiger partial charge is 0.456 e. The predicted octanol–water partition coefficient (Wildman–Crippen LogP) is 12.1. The van der Waals surface area contributed by atoms with E-state index in [4.69, 9.17) is 9.40 Å². The van der Waals surface area contributed by atoms with Crippen molar-refractivity contribution in [2.24, 2.45) is 0 Å². The zero-order valence-electron chi connectivity index (χ0n) is 25.6. The maximum absolute atomic E-state index is 6.42. The molecular formula is C43H25N3OS. The molecule has 0 N–H and O–H groups in total. The average molecular weight is 632 g/mol. The van der Waals surface area contributed by atoms with Crippen molar-refractivity contribution in [3.8, 4) is 21.9 Å². The minimum absolute atomic E-state index is 0.881. The molecule has 0 spiro atoms. The number of hydrogen-bond donors (Lipinski definition) is 0. The van der Waals surface area contributed by atoms with Crippen molar-refractivity contribution in [3.05, 3.63) is 152 Å². The Bertz CT molecular complexity index is 3050. The molecule has 4 aromatic heterocycles. The maximum atomic E-state index is 6.42. The third-order valence-electron chi connectivity index (χ3n) is 9.76. The van der Waals surface area contributed by atoms with Crippen molar-refractivity contribution in [2.75, 3.05) is 0 Å². The highest BCUT2D eigenvalue weighted by Gasteiger charge is 2.23. The summed E-state index contributed by atoms with van der Waals surface area (Å²) >= 11 is 1.74. The molecule has 11 rings (SSSR count). The number of rotatable bonds is 3. The third-order valence-corrected chi connectivity index (χ3v) is 10.8. The third kappa shape index (κ3) is 3.51. The molecular weight excluding hydrogens is 607 g/mol. The zero-order valence-corrected chi connectivity index (χ0v) is 26.4. The molecule has 224 valence electrons. The Morgan fingerprint density at radius 1 is 0.479 bits per heavy atom. The van der Waals surface area contributed by atoms with Gasteiger partial charge < -0.3 is 8.98 Å².